The molecule has 1 aromatic rings. The maximum Gasteiger partial charge on any atom is 0.271 e. The molecular formula is C15H22N4O2. The summed E-state index contributed by atoms with van der Waals surface area (Å²) < 4.78 is 1.95. The topological polar surface area (TPSA) is 76.0 Å². The van der Waals surface area contributed by atoms with Crippen LogP contribution in [-0.2, 0) is 17.8 Å². The quantitative estimate of drug-likeness (QED) is 0.863. The summed E-state index contributed by atoms with van der Waals surface area (Å²) in [5.74, 6) is -0.0156. The summed E-state index contributed by atoms with van der Waals surface area (Å²) >= 11 is 0. The van der Waals surface area contributed by atoms with Crippen LogP contribution in [0.15, 0.2) is 6.33 Å². The van der Waals surface area contributed by atoms with Crippen molar-refractivity contribution in [1.29, 1.82) is 0 Å². The Hall–Kier alpha value is -1.85. The van der Waals surface area contributed by atoms with Crippen molar-refractivity contribution >= 4 is 11.8 Å². The van der Waals surface area contributed by atoms with Crippen LogP contribution < -0.4 is 10.6 Å². The van der Waals surface area contributed by atoms with E-state index >= 15 is 0 Å². The third-order valence-electron chi connectivity index (χ3n) is 4.02. The van der Waals surface area contributed by atoms with Gasteiger partial charge in [-0.15, -0.1) is 0 Å². The van der Waals surface area contributed by atoms with Crippen LogP contribution >= 0.6 is 0 Å². The summed E-state index contributed by atoms with van der Waals surface area (Å²) in [4.78, 5) is 28.5. The van der Waals surface area contributed by atoms with Crippen molar-refractivity contribution in [2.45, 2.75) is 58.2 Å². The lowest BCUT2D eigenvalue weighted by Crippen LogP contribution is -2.39. The van der Waals surface area contributed by atoms with Gasteiger partial charge >= 0.3 is 0 Å². The molecule has 2 N–H and O–H groups in total. The van der Waals surface area contributed by atoms with Gasteiger partial charge in [0.25, 0.3) is 5.91 Å². The minimum absolute atomic E-state index is 0.0338. The SMILES string of the molecule is CC(C)NC(=O)C1CCc2c(C(=O)NC3CC3)ncn2C1. The minimum Gasteiger partial charge on any atom is -0.354 e. The Morgan fingerprint density at radius 3 is 2.76 bits per heavy atom. The number of amides is 2. The van der Waals surface area contributed by atoms with Crippen LogP contribution in [0.4, 0.5) is 0 Å². The number of hydrogen-bond donors (Lipinski definition) is 2. The van der Waals surface area contributed by atoms with E-state index in [0.29, 0.717) is 18.3 Å². The van der Waals surface area contributed by atoms with E-state index in [1.165, 1.54) is 0 Å². The number of carbonyl (C=O) groups is 2. The van der Waals surface area contributed by atoms with Crippen LogP contribution in [0, 0.1) is 5.92 Å². The highest BCUT2D eigenvalue weighted by molar-refractivity contribution is 5.94. The molecule has 0 aromatic carbocycles. The number of imidazole rings is 1. The molecule has 0 saturated heterocycles. The molecule has 1 aliphatic carbocycles. The predicted molar refractivity (Wildman–Crippen MR) is 77.8 cm³/mol. The van der Waals surface area contributed by atoms with Crippen LogP contribution in [0.5, 0.6) is 0 Å². The summed E-state index contributed by atoms with van der Waals surface area (Å²) in [6, 6.07) is 0.490. The van der Waals surface area contributed by atoms with Gasteiger partial charge in [-0.2, -0.15) is 0 Å². The first kappa shape index (κ1) is 14.1. The molecule has 0 radical (unpaired) electrons. The highest BCUT2D eigenvalue weighted by Crippen LogP contribution is 2.24. The molecule has 0 spiro atoms. The Balaban J connectivity index is 1.68. The molecule has 21 heavy (non-hydrogen) atoms. The van der Waals surface area contributed by atoms with Gasteiger partial charge in [0.1, 0.15) is 5.69 Å². The maximum atomic E-state index is 12.1. The number of fused-ring (bicyclic) bond motifs is 1. The first-order valence-electron chi connectivity index (χ1n) is 7.70. The number of hydrogen-bond acceptors (Lipinski definition) is 3. The van der Waals surface area contributed by atoms with Crippen LogP contribution in [0.3, 0.4) is 0 Å². The second-order valence-corrected chi connectivity index (χ2v) is 6.34. The Labute approximate surface area is 124 Å². The molecule has 1 saturated carbocycles. The predicted octanol–water partition coefficient (Wildman–Crippen LogP) is 0.862. The molecule has 3 rings (SSSR count). The Kier molecular flexibility index (Phi) is 3.69. The molecule has 2 aliphatic rings. The van der Waals surface area contributed by atoms with Crippen molar-refractivity contribution < 1.29 is 9.59 Å². The van der Waals surface area contributed by atoms with Gasteiger partial charge < -0.3 is 15.2 Å². The minimum atomic E-state index is -0.0728. The first-order valence-corrected chi connectivity index (χ1v) is 7.70. The van der Waals surface area contributed by atoms with Gasteiger partial charge in [0.15, 0.2) is 0 Å². The van der Waals surface area contributed by atoms with Crippen LogP contribution in [-0.4, -0.2) is 33.4 Å². The zero-order valence-corrected chi connectivity index (χ0v) is 12.6. The van der Waals surface area contributed by atoms with Gasteiger partial charge in [0.2, 0.25) is 5.91 Å². The van der Waals surface area contributed by atoms with E-state index in [1.807, 2.05) is 18.4 Å². The highest BCUT2D eigenvalue weighted by atomic mass is 16.2. The molecule has 1 unspecified atom stereocenters. The summed E-state index contributed by atoms with van der Waals surface area (Å²) in [6.07, 6.45) is 5.32. The second kappa shape index (κ2) is 5.50. The summed E-state index contributed by atoms with van der Waals surface area (Å²) in [5.41, 5.74) is 1.49. The van der Waals surface area contributed by atoms with Crippen LogP contribution in [0.1, 0.15) is 49.3 Å². The van der Waals surface area contributed by atoms with Crippen molar-refractivity contribution in [2.24, 2.45) is 5.92 Å². The molecule has 2 heterocycles. The van der Waals surface area contributed by atoms with Gasteiger partial charge in [0.05, 0.1) is 17.9 Å². The molecule has 1 aromatic heterocycles. The first-order chi connectivity index (χ1) is 10.0. The molecule has 1 aliphatic heterocycles. The molecular weight excluding hydrogens is 268 g/mol. The van der Waals surface area contributed by atoms with E-state index in [9.17, 15) is 9.59 Å². The fourth-order valence-electron chi connectivity index (χ4n) is 2.75. The summed E-state index contributed by atoms with van der Waals surface area (Å²) in [7, 11) is 0. The van der Waals surface area contributed by atoms with E-state index in [0.717, 1.165) is 31.4 Å². The number of nitrogens with zero attached hydrogens (tertiary/aromatic N) is 2. The Bertz CT molecular complexity index is 560. The number of rotatable bonds is 4. The van der Waals surface area contributed by atoms with E-state index in [1.54, 1.807) is 6.33 Å². The lowest BCUT2D eigenvalue weighted by Gasteiger charge is -2.24. The highest BCUT2D eigenvalue weighted by Gasteiger charge is 2.30. The van der Waals surface area contributed by atoms with E-state index in [2.05, 4.69) is 15.6 Å². The summed E-state index contributed by atoms with van der Waals surface area (Å²) in [5, 5.41) is 5.93. The summed E-state index contributed by atoms with van der Waals surface area (Å²) in [6.45, 7) is 4.53. The maximum absolute atomic E-state index is 12.1. The number of nitrogens with one attached hydrogen (secondary N) is 2. The molecule has 1 atom stereocenters. The average Bonchev–Trinajstić information content (AvgIpc) is 3.14. The van der Waals surface area contributed by atoms with Gasteiger partial charge in [0, 0.05) is 18.6 Å². The van der Waals surface area contributed by atoms with Gasteiger partial charge in [-0.25, -0.2) is 4.98 Å². The third-order valence-corrected chi connectivity index (χ3v) is 4.02. The normalized spacial score (nSPS) is 21.0. The zero-order chi connectivity index (χ0) is 15.0. The molecule has 114 valence electrons. The second-order valence-electron chi connectivity index (χ2n) is 6.34. The molecule has 0 bridgehead atoms. The lowest BCUT2D eigenvalue weighted by molar-refractivity contribution is -0.126. The van der Waals surface area contributed by atoms with Crippen molar-refractivity contribution in [1.82, 2.24) is 20.2 Å². The number of carbonyl (C=O) groups excluding carboxylic acids is 2. The smallest absolute Gasteiger partial charge is 0.271 e. The van der Waals surface area contributed by atoms with Gasteiger partial charge in [-0.1, -0.05) is 0 Å². The van der Waals surface area contributed by atoms with Crippen molar-refractivity contribution in [3.8, 4) is 0 Å². The molecule has 6 nitrogen and oxygen atoms in total. The van der Waals surface area contributed by atoms with Crippen molar-refractivity contribution in [3.05, 3.63) is 17.7 Å². The third kappa shape index (κ3) is 3.09. The van der Waals surface area contributed by atoms with E-state index in [-0.39, 0.29) is 23.8 Å². The standard InChI is InChI=1S/C15H22N4O2/c1-9(2)17-14(20)10-3-6-12-13(16-8-19(12)7-10)15(21)18-11-4-5-11/h8-11H,3-7H2,1-2H3,(H,17,20)(H,18,21). The molecule has 6 heteroatoms. The fourth-order valence-corrected chi connectivity index (χ4v) is 2.75. The lowest BCUT2D eigenvalue weighted by atomic mass is 9.96. The monoisotopic (exact) mass is 290 g/mol. The van der Waals surface area contributed by atoms with Crippen molar-refractivity contribution in [3.63, 3.8) is 0 Å². The molecule has 2 amide bonds. The van der Waals surface area contributed by atoms with Crippen LogP contribution in [0.2, 0.25) is 0 Å². The Morgan fingerprint density at radius 2 is 2.10 bits per heavy atom. The zero-order valence-electron chi connectivity index (χ0n) is 12.6. The van der Waals surface area contributed by atoms with E-state index < -0.39 is 0 Å². The fraction of sp³-hybridized carbons (Fsp3) is 0.667. The van der Waals surface area contributed by atoms with E-state index in [4.69, 9.17) is 0 Å². The largest absolute Gasteiger partial charge is 0.354 e. The Morgan fingerprint density at radius 1 is 1.33 bits per heavy atom. The number of aromatic nitrogens is 2. The van der Waals surface area contributed by atoms with Crippen LogP contribution in [0.25, 0.3) is 0 Å². The van der Waals surface area contributed by atoms with Gasteiger partial charge in [-0.05, 0) is 39.5 Å². The van der Waals surface area contributed by atoms with Gasteiger partial charge in [-0.3, -0.25) is 9.59 Å². The molecule has 1 fully saturated rings. The average molecular weight is 290 g/mol. The van der Waals surface area contributed by atoms with Crippen molar-refractivity contribution in [2.75, 3.05) is 0 Å².